The van der Waals surface area contributed by atoms with Crippen LogP contribution in [0.5, 0.6) is 11.5 Å². The Morgan fingerprint density at radius 3 is 3.00 bits per heavy atom. The zero-order valence-corrected chi connectivity index (χ0v) is 10.3. The summed E-state index contributed by atoms with van der Waals surface area (Å²) in [6, 6.07) is 3.69. The molecular formula is C13H17NO4. The second-order valence-electron chi connectivity index (χ2n) is 4.39. The summed E-state index contributed by atoms with van der Waals surface area (Å²) in [6.45, 7) is 0.186. The van der Waals surface area contributed by atoms with Crippen molar-refractivity contribution in [1.29, 1.82) is 0 Å². The molecular weight excluding hydrogens is 234 g/mol. The average Bonchev–Trinajstić information content (AvgIpc) is 2.73. The maximum atomic E-state index is 10.9. The van der Waals surface area contributed by atoms with Gasteiger partial charge in [0, 0.05) is 11.6 Å². The normalized spacial score (nSPS) is 17.3. The van der Waals surface area contributed by atoms with Crippen LogP contribution in [0.25, 0.3) is 0 Å². The second kappa shape index (κ2) is 5.27. The van der Waals surface area contributed by atoms with Gasteiger partial charge in [-0.15, -0.1) is 0 Å². The van der Waals surface area contributed by atoms with Gasteiger partial charge < -0.3 is 20.3 Å². The molecule has 1 unspecified atom stereocenters. The average molecular weight is 251 g/mol. The molecule has 1 aromatic rings. The van der Waals surface area contributed by atoms with Crippen LogP contribution in [0.1, 0.15) is 17.5 Å². The number of phenolic OH excluding ortho intramolecular Hbond substituents is 1. The third-order valence-corrected chi connectivity index (χ3v) is 3.08. The Kier molecular flexibility index (Phi) is 3.72. The second-order valence-corrected chi connectivity index (χ2v) is 4.39. The van der Waals surface area contributed by atoms with E-state index in [4.69, 9.17) is 10.5 Å². The molecule has 2 rings (SSSR count). The van der Waals surface area contributed by atoms with E-state index in [0.717, 1.165) is 17.5 Å². The van der Waals surface area contributed by atoms with Crippen molar-refractivity contribution in [2.75, 3.05) is 13.7 Å². The molecule has 0 saturated carbocycles. The standard InChI is InChI=1S/C13H17NO4/c1-17-12(15)4-5-18-11-3-2-8-6-9(14)7-10(8)13(11)16/h2-3,9,16H,4-7,14H2,1H3. The molecule has 0 aliphatic heterocycles. The van der Waals surface area contributed by atoms with Gasteiger partial charge in [0.15, 0.2) is 11.5 Å². The van der Waals surface area contributed by atoms with Gasteiger partial charge in [0.1, 0.15) is 0 Å². The predicted molar refractivity (Wildman–Crippen MR) is 65.6 cm³/mol. The van der Waals surface area contributed by atoms with Gasteiger partial charge in [0.25, 0.3) is 0 Å². The van der Waals surface area contributed by atoms with Gasteiger partial charge in [-0.2, -0.15) is 0 Å². The maximum absolute atomic E-state index is 10.9. The van der Waals surface area contributed by atoms with E-state index >= 15 is 0 Å². The number of carbonyl (C=O) groups is 1. The van der Waals surface area contributed by atoms with Crippen LogP contribution in [0.2, 0.25) is 0 Å². The van der Waals surface area contributed by atoms with Crippen LogP contribution in [0.3, 0.4) is 0 Å². The number of phenols is 1. The summed E-state index contributed by atoms with van der Waals surface area (Å²) >= 11 is 0. The van der Waals surface area contributed by atoms with Crippen LogP contribution in [0, 0.1) is 0 Å². The number of esters is 1. The summed E-state index contributed by atoms with van der Waals surface area (Å²) in [5.41, 5.74) is 7.78. The number of hydrogen-bond donors (Lipinski definition) is 2. The lowest BCUT2D eigenvalue weighted by Crippen LogP contribution is -2.19. The number of fused-ring (bicyclic) bond motifs is 1. The summed E-state index contributed by atoms with van der Waals surface area (Å²) in [6.07, 6.45) is 1.60. The lowest BCUT2D eigenvalue weighted by Gasteiger charge is -2.10. The molecule has 98 valence electrons. The number of nitrogens with two attached hydrogens (primary N) is 1. The van der Waals surface area contributed by atoms with Crippen LogP contribution in [0.15, 0.2) is 12.1 Å². The molecule has 0 spiro atoms. The molecule has 0 aromatic heterocycles. The Hall–Kier alpha value is -1.75. The summed E-state index contributed by atoms with van der Waals surface area (Å²) in [7, 11) is 1.33. The summed E-state index contributed by atoms with van der Waals surface area (Å²) < 4.78 is 9.89. The molecule has 0 amide bonds. The number of aromatic hydroxyl groups is 1. The minimum absolute atomic E-state index is 0.0659. The summed E-state index contributed by atoms with van der Waals surface area (Å²) in [4.78, 5) is 10.9. The molecule has 5 heteroatoms. The fraction of sp³-hybridized carbons (Fsp3) is 0.462. The van der Waals surface area contributed by atoms with Gasteiger partial charge >= 0.3 is 5.97 Å². The first kappa shape index (κ1) is 12.7. The van der Waals surface area contributed by atoms with Gasteiger partial charge in [-0.3, -0.25) is 4.79 Å². The van der Waals surface area contributed by atoms with Crippen LogP contribution < -0.4 is 10.5 Å². The molecule has 1 aliphatic rings. The van der Waals surface area contributed by atoms with Gasteiger partial charge in [-0.05, 0) is 24.5 Å². The number of carbonyl (C=O) groups excluding carboxylic acids is 1. The zero-order valence-electron chi connectivity index (χ0n) is 10.3. The van der Waals surface area contributed by atoms with E-state index in [1.54, 1.807) is 6.07 Å². The number of ether oxygens (including phenoxy) is 2. The molecule has 0 radical (unpaired) electrons. The highest BCUT2D eigenvalue weighted by atomic mass is 16.5. The molecule has 3 N–H and O–H groups in total. The Bertz CT molecular complexity index is 459. The molecule has 18 heavy (non-hydrogen) atoms. The fourth-order valence-corrected chi connectivity index (χ4v) is 2.16. The van der Waals surface area contributed by atoms with Gasteiger partial charge in [0.05, 0.1) is 20.1 Å². The number of methoxy groups -OCH3 is 1. The Balaban J connectivity index is 2.02. The monoisotopic (exact) mass is 251 g/mol. The first-order valence-electron chi connectivity index (χ1n) is 5.90. The SMILES string of the molecule is COC(=O)CCOc1ccc2c(c1O)CC(N)C2. The highest BCUT2D eigenvalue weighted by molar-refractivity contribution is 5.69. The van der Waals surface area contributed by atoms with Gasteiger partial charge in [-0.25, -0.2) is 0 Å². The van der Waals surface area contributed by atoms with Crippen molar-refractivity contribution in [3.8, 4) is 11.5 Å². The fourth-order valence-electron chi connectivity index (χ4n) is 2.16. The van der Waals surface area contributed by atoms with Crippen molar-refractivity contribution < 1.29 is 19.4 Å². The highest BCUT2D eigenvalue weighted by Crippen LogP contribution is 2.37. The minimum Gasteiger partial charge on any atom is -0.504 e. The van der Waals surface area contributed by atoms with Crippen LogP contribution >= 0.6 is 0 Å². The minimum atomic E-state index is -0.335. The highest BCUT2D eigenvalue weighted by Gasteiger charge is 2.23. The van der Waals surface area contributed by atoms with E-state index in [1.807, 2.05) is 6.07 Å². The summed E-state index contributed by atoms with van der Waals surface area (Å²) in [5, 5.41) is 10.1. The Morgan fingerprint density at radius 2 is 2.28 bits per heavy atom. The number of benzene rings is 1. The lowest BCUT2D eigenvalue weighted by atomic mass is 10.1. The van der Waals surface area contributed by atoms with Crippen LogP contribution in [0.4, 0.5) is 0 Å². The van der Waals surface area contributed by atoms with Crippen LogP contribution in [-0.4, -0.2) is 30.8 Å². The molecule has 0 bridgehead atoms. The van der Waals surface area contributed by atoms with E-state index in [1.165, 1.54) is 7.11 Å². The maximum Gasteiger partial charge on any atom is 0.308 e. The number of hydrogen-bond acceptors (Lipinski definition) is 5. The molecule has 5 nitrogen and oxygen atoms in total. The lowest BCUT2D eigenvalue weighted by molar-refractivity contribution is -0.141. The third-order valence-electron chi connectivity index (χ3n) is 3.08. The Morgan fingerprint density at radius 1 is 1.50 bits per heavy atom. The van der Waals surface area contributed by atoms with E-state index < -0.39 is 0 Å². The van der Waals surface area contributed by atoms with Crippen molar-refractivity contribution in [3.63, 3.8) is 0 Å². The molecule has 0 heterocycles. The quantitative estimate of drug-likeness (QED) is 0.772. The summed E-state index contributed by atoms with van der Waals surface area (Å²) in [5.74, 6) is 0.203. The largest absolute Gasteiger partial charge is 0.504 e. The molecule has 1 aliphatic carbocycles. The zero-order chi connectivity index (χ0) is 13.1. The molecule has 0 saturated heterocycles. The molecule has 1 aromatic carbocycles. The van der Waals surface area contributed by atoms with Gasteiger partial charge in [0.2, 0.25) is 0 Å². The van der Waals surface area contributed by atoms with E-state index in [0.29, 0.717) is 12.2 Å². The van der Waals surface area contributed by atoms with Crippen molar-refractivity contribution >= 4 is 5.97 Å². The van der Waals surface area contributed by atoms with Crippen molar-refractivity contribution in [3.05, 3.63) is 23.3 Å². The topological polar surface area (TPSA) is 81.8 Å². The van der Waals surface area contributed by atoms with Crippen molar-refractivity contribution in [1.82, 2.24) is 0 Å². The van der Waals surface area contributed by atoms with E-state index in [9.17, 15) is 9.90 Å². The van der Waals surface area contributed by atoms with E-state index in [-0.39, 0.29) is 30.8 Å². The molecule has 0 fully saturated rings. The van der Waals surface area contributed by atoms with Gasteiger partial charge in [-0.1, -0.05) is 6.07 Å². The first-order valence-corrected chi connectivity index (χ1v) is 5.90. The Labute approximate surface area is 106 Å². The van der Waals surface area contributed by atoms with Crippen LogP contribution in [-0.2, 0) is 22.4 Å². The van der Waals surface area contributed by atoms with Crippen molar-refractivity contribution in [2.45, 2.75) is 25.3 Å². The van der Waals surface area contributed by atoms with E-state index in [2.05, 4.69) is 4.74 Å². The smallest absolute Gasteiger partial charge is 0.308 e. The number of rotatable bonds is 4. The third kappa shape index (κ3) is 2.56. The first-order chi connectivity index (χ1) is 8.61. The predicted octanol–water partition coefficient (Wildman–Crippen LogP) is 0.760. The molecule has 1 atom stereocenters. The van der Waals surface area contributed by atoms with Crippen molar-refractivity contribution in [2.24, 2.45) is 5.73 Å².